The second-order valence-corrected chi connectivity index (χ2v) is 5.18. The van der Waals surface area contributed by atoms with Gasteiger partial charge >= 0.3 is 5.97 Å². The topological polar surface area (TPSA) is 67.8 Å². The van der Waals surface area contributed by atoms with E-state index in [0.717, 1.165) is 6.42 Å². The van der Waals surface area contributed by atoms with Crippen LogP contribution in [0.1, 0.15) is 36.5 Å². The minimum atomic E-state index is -0.338. The summed E-state index contributed by atoms with van der Waals surface area (Å²) < 4.78 is 5.01. The molecular formula is C15H17ClN2O3. The van der Waals surface area contributed by atoms with Gasteiger partial charge in [0.25, 0.3) is 5.91 Å². The van der Waals surface area contributed by atoms with E-state index in [9.17, 15) is 9.59 Å². The second kappa shape index (κ2) is 7.22. The number of halogens is 1. The number of rotatable bonds is 4. The Hall–Kier alpha value is -1.88. The molecule has 21 heavy (non-hydrogen) atoms. The normalized spacial score (nSPS) is 19.5. The van der Waals surface area contributed by atoms with Crippen LogP contribution in [-0.4, -0.2) is 24.2 Å². The molecule has 0 bridgehead atoms. The first kappa shape index (κ1) is 15.5. The van der Waals surface area contributed by atoms with Crippen molar-refractivity contribution >= 4 is 29.2 Å². The first-order valence-electron chi connectivity index (χ1n) is 6.90. The van der Waals surface area contributed by atoms with Crippen LogP contribution >= 0.6 is 11.6 Å². The number of nitrogens with one attached hydrogen (secondary N) is 1. The third-order valence-electron chi connectivity index (χ3n) is 3.31. The Kier molecular flexibility index (Phi) is 5.33. The largest absolute Gasteiger partial charge is 0.465 e. The minimum absolute atomic E-state index is 0.269. The molecule has 112 valence electrons. The van der Waals surface area contributed by atoms with Crippen molar-refractivity contribution in [3.63, 3.8) is 0 Å². The van der Waals surface area contributed by atoms with Gasteiger partial charge in [-0.2, -0.15) is 5.10 Å². The van der Waals surface area contributed by atoms with Gasteiger partial charge in [0.05, 0.1) is 18.2 Å². The van der Waals surface area contributed by atoms with Gasteiger partial charge in [-0.1, -0.05) is 11.6 Å². The Morgan fingerprint density at radius 3 is 2.76 bits per heavy atom. The van der Waals surface area contributed by atoms with Crippen molar-refractivity contribution in [3.8, 4) is 0 Å². The molecule has 1 aromatic rings. The first-order chi connectivity index (χ1) is 10.1. The van der Waals surface area contributed by atoms with Gasteiger partial charge in [0.2, 0.25) is 0 Å². The molecule has 6 heteroatoms. The zero-order valence-electron chi connectivity index (χ0n) is 11.8. The molecule has 1 fully saturated rings. The van der Waals surface area contributed by atoms with Gasteiger partial charge < -0.3 is 4.74 Å². The van der Waals surface area contributed by atoms with Crippen LogP contribution in [0.2, 0.25) is 5.02 Å². The Morgan fingerprint density at radius 2 is 2.10 bits per heavy atom. The lowest BCUT2D eigenvalue weighted by molar-refractivity contribution is -0.145. The van der Waals surface area contributed by atoms with Gasteiger partial charge in [-0.25, -0.2) is 5.43 Å². The van der Waals surface area contributed by atoms with Crippen LogP contribution in [0, 0.1) is 5.92 Å². The van der Waals surface area contributed by atoms with Crippen molar-refractivity contribution in [2.24, 2.45) is 11.0 Å². The highest BCUT2D eigenvalue weighted by atomic mass is 35.5. The maximum Gasteiger partial charge on any atom is 0.314 e. The fourth-order valence-corrected chi connectivity index (χ4v) is 2.37. The molecule has 1 N–H and O–H groups in total. The molecule has 1 amide bonds. The Morgan fingerprint density at radius 1 is 1.38 bits per heavy atom. The number of hydrogen-bond acceptors (Lipinski definition) is 4. The summed E-state index contributed by atoms with van der Waals surface area (Å²) in [7, 11) is 0. The fraction of sp³-hybridized carbons (Fsp3) is 0.400. The quantitative estimate of drug-likeness (QED) is 0.687. The molecule has 1 saturated carbocycles. The Balaban J connectivity index is 2.00. The molecule has 1 aliphatic carbocycles. The molecule has 0 aliphatic heterocycles. The summed E-state index contributed by atoms with van der Waals surface area (Å²) in [6.07, 6.45) is 2.29. The maximum atomic E-state index is 11.9. The molecule has 1 atom stereocenters. The van der Waals surface area contributed by atoms with E-state index in [1.165, 1.54) is 0 Å². The molecule has 0 saturated heterocycles. The van der Waals surface area contributed by atoms with Crippen molar-refractivity contribution in [2.75, 3.05) is 6.61 Å². The van der Waals surface area contributed by atoms with E-state index in [1.54, 1.807) is 31.2 Å². The van der Waals surface area contributed by atoms with Crippen molar-refractivity contribution in [3.05, 3.63) is 34.9 Å². The van der Waals surface area contributed by atoms with E-state index in [-0.39, 0.29) is 17.8 Å². The van der Waals surface area contributed by atoms with Crippen molar-refractivity contribution in [2.45, 2.75) is 26.2 Å². The van der Waals surface area contributed by atoms with E-state index >= 15 is 0 Å². The van der Waals surface area contributed by atoms with Crippen molar-refractivity contribution < 1.29 is 14.3 Å². The summed E-state index contributed by atoms with van der Waals surface area (Å²) in [6, 6.07) is 6.52. The molecular weight excluding hydrogens is 292 g/mol. The van der Waals surface area contributed by atoms with Crippen LogP contribution in [0.5, 0.6) is 0 Å². The van der Waals surface area contributed by atoms with E-state index < -0.39 is 0 Å². The zero-order valence-corrected chi connectivity index (χ0v) is 12.5. The summed E-state index contributed by atoms with van der Waals surface area (Å²) >= 11 is 5.77. The third kappa shape index (κ3) is 4.04. The Bertz CT molecular complexity index is 555. The van der Waals surface area contributed by atoms with Crippen LogP contribution in [0.4, 0.5) is 0 Å². The molecule has 2 rings (SSSR count). The maximum absolute atomic E-state index is 11.9. The number of carbonyl (C=O) groups excluding carboxylic acids is 2. The molecule has 0 heterocycles. The molecule has 1 aliphatic rings. The van der Waals surface area contributed by atoms with Crippen LogP contribution < -0.4 is 5.43 Å². The van der Waals surface area contributed by atoms with Gasteiger partial charge in [0.15, 0.2) is 0 Å². The number of esters is 1. The highest BCUT2D eigenvalue weighted by Gasteiger charge is 2.30. The van der Waals surface area contributed by atoms with Crippen molar-refractivity contribution in [1.82, 2.24) is 5.43 Å². The van der Waals surface area contributed by atoms with E-state index in [0.29, 0.717) is 35.7 Å². The smallest absolute Gasteiger partial charge is 0.314 e. The van der Waals surface area contributed by atoms with Crippen LogP contribution in [0.15, 0.2) is 29.4 Å². The predicted molar refractivity (Wildman–Crippen MR) is 80.3 cm³/mol. The summed E-state index contributed by atoms with van der Waals surface area (Å²) in [6.45, 7) is 2.12. The standard InChI is InChI=1S/C15H17ClN2O3/c1-2-21-15(20)12-4-3-5-13(12)17-18-14(19)10-6-8-11(16)9-7-10/h6-9,12H,2-5H2,1H3,(H,18,19)/b17-13-. The number of amides is 1. The molecule has 0 aromatic heterocycles. The lowest BCUT2D eigenvalue weighted by atomic mass is 10.1. The average Bonchev–Trinajstić information content (AvgIpc) is 2.94. The number of carbonyl (C=O) groups is 2. The number of ether oxygens (including phenoxy) is 1. The lowest BCUT2D eigenvalue weighted by Crippen LogP contribution is -2.25. The number of nitrogens with zero attached hydrogens (tertiary/aromatic N) is 1. The number of hydrogen-bond donors (Lipinski definition) is 1. The third-order valence-corrected chi connectivity index (χ3v) is 3.56. The molecule has 0 radical (unpaired) electrons. The SMILES string of the molecule is CCOC(=O)C1CCC/C1=N/NC(=O)c1ccc(Cl)cc1. The Labute approximate surface area is 128 Å². The molecule has 5 nitrogen and oxygen atoms in total. The average molecular weight is 309 g/mol. The minimum Gasteiger partial charge on any atom is -0.465 e. The van der Waals surface area contributed by atoms with E-state index in [2.05, 4.69) is 10.5 Å². The van der Waals surface area contributed by atoms with Crippen LogP contribution in [-0.2, 0) is 9.53 Å². The number of benzene rings is 1. The van der Waals surface area contributed by atoms with E-state index in [1.807, 2.05) is 0 Å². The van der Waals surface area contributed by atoms with Gasteiger partial charge in [0.1, 0.15) is 0 Å². The van der Waals surface area contributed by atoms with Gasteiger partial charge in [-0.05, 0) is 50.5 Å². The van der Waals surface area contributed by atoms with Crippen LogP contribution in [0.25, 0.3) is 0 Å². The number of hydrazone groups is 1. The fourth-order valence-electron chi connectivity index (χ4n) is 2.25. The summed E-state index contributed by atoms with van der Waals surface area (Å²) in [4.78, 5) is 23.7. The van der Waals surface area contributed by atoms with Crippen molar-refractivity contribution in [1.29, 1.82) is 0 Å². The first-order valence-corrected chi connectivity index (χ1v) is 7.28. The van der Waals surface area contributed by atoms with E-state index in [4.69, 9.17) is 16.3 Å². The van der Waals surface area contributed by atoms with Crippen LogP contribution in [0.3, 0.4) is 0 Å². The molecule has 1 unspecified atom stereocenters. The highest BCUT2D eigenvalue weighted by molar-refractivity contribution is 6.30. The lowest BCUT2D eigenvalue weighted by Gasteiger charge is -2.10. The molecule has 0 spiro atoms. The monoisotopic (exact) mass is 308 g/mol. The summed E-state index contributed by atoms with van der Waals surface area (Å²) in [5, 5.41) is 4.66. The van der Waals surface area contributed by atoms with Gasteiger partial charge in [-0.15, -0.1) is 0 Å². The second-order valence-electron chi connectivity index (χ2n) is 4.75. The highest BCUT2D eigenvalue weighted by Crippen LogP contribution is 2.23. The van der Waals surface area contributed by atoms with Gasteiger partial charge in [0, 0.05) is 10.6 Å². The molecule has 1 aromatic carbocycles. The summed E-state index contributed by atoms with van der Waals surface area (Å²) in [5.41, 5.74) is 3.63. The zero-order chi connectivity index (χ0) is 15.2. The predicted octanol–water partition coefficient (Wildman–Crippen LogP) is 2.79. The van der Waals surface area contributed by atoms with Gasteiger partial charge in [-0.3, -0.25) is 9.59 Å². The summed E-state index contributed by atoms with van der Waals surface area (Å²) in [5.74, 6) is -0.932.